The molecule has 0 amide bonds. The van der Waals surface area contributed by atoms with E-state index in [0.29, 0.717) is 27.9 Å². The summed E-state index contributed by atoms with van der Waals surface area (Å²) >= 11 is 12.2. The Morgan fingerprint density at radius 3 is 2.27 bits per heavy atom. The van der Waals surface area contributed by atoms with Gasteiger partial charge >= 0.3 is 0 Å². The first-order valence-corrected chi connectivity index (χ1v) is 15.4. The van der Waals surface area contributed by atoms with Crippen molar-refractivity contribution in [1.82, 2.24) is 19.8 Å². The predicted octanol–water partition coefficient (Wildman–Crippen LogP) is 8.58. The maximum Gasteiger partial charge on any atom is 0.144 e. The summed E-state index contributed by atoms with van der Waals surface area (Å²) in [4.78, 5) is 13.3. The number of allylic oxidation sites excluding steroid dienone is 1. The lowest BCUT2D eigenvalue weighted by Gasteiger charge is -2.12. The van der Waals surface area contributed by atoms with Gasteiger partial charge < -0.3 is 14.5 Å². The van der Waals surface area contributed by atoms with Gasteiger partial charge in [0.1, 0.15) is 23.0 Å². The number of rotatable bonds is 9. The molecule has 0 saturated heterocycles. The van der Waals surface area contributed by atoms with Crippen molar-refractivity contribution in [3.8, 4) is 17.6 Å². The third kappa shape index (κ3) is 13.0. The second-order valence-electron chi connectivity index (χ2n) is 11.3. The average Bonchev–Trinajstić information content (AvgIpc) is 2.94. The van der Waals surface area contributed by atoms with Gasteiger partial charge in [-0.1, -0.05) is 35.2 Å². The molecule has 0 radical (unpaired) electrons. The maximum atomic E-state index is 13.1. The maximum absolute atomic E-state index is 13.1. The molecule has 0 aliphatic rings. The zero-order valence-electron chi connectivity index (χ0n) is 27.1. The Morgan fingerprint density at radius 1 is 0.867 bits per heavy atom. The number of aryl methyl sites for hydroxylation is 2. The van der Waals surface area contributed by atoms with Gasteiger partial charge in [-0.3, -0.25) is 0 Å². The van der Waals surface area contributed by atoms with Crippen molar-refractivity contribution in [1.29, 1.82) is 0 Å². The molecular weight excluding hydrogens is 606 g/mol. The second-order valence-corrected chi connectivity index (χ2v) is 12.2. The van der Waals surface area contributed by atoms with Gasteiger partial charge in [0.2, 0.25) is 0 Å². The first-order chi connectivity index (χ1) is 21.4. The highest BCUT2D eigenvalue weighted by Gasteiger charge is 2.07. The van der Waals surface area contributed by atoms with Crippen molar-refractivity contribution in [3.05, 3.63) is 122 Å². The molecule has 4 rings (SSSR count). The largest absolute Gasteiger partial charge is 0.491 e. The summed E-state index contributed by atoms with van der Waals surface area (Å²) in [6.45, 7) is 8.43. The van der Waals surface area contributed by atoms with Gasteiger partial charge in [-0.25, -0.2) is 14.4 Å². The van der Waals surface area contributed by atoms with E-state index in [1.807, 2.05) is 77.3 Å². The molecule has 0 N–H and O–H groups in total. The van der Waals surface area contributed by atoms with Crippen molar-refractivity contribution in [2.75, 3.05) is 41.3 Å². The average molecular weight is 648 g/mol. The minimum Gasteiger partial charge on any atom is -0.491 e. The van der Waals surface area contributed by atoms with Crippen LogP contribution >= 0.6 is 23.2 Å². The molecule has 2 heterocycles. The van der Waals surface area contributed by atoms with Crippen LogP contribution in [0, 0.1) is 31.5 Å². The summed E-state index contributed by atoms with van der Waals surface area (Å²) in [7, 11) is 8.16. The van der Waals surface area contributed by atoms with Crippen LogP contribution in [0.5, 0.6) is 5.75 Å². The van der Waals surface area contributed by atoms with Gasteiger partial charge in [0.15, 0.2) is 0 Å². The normalized spacial score (nSPS) is 11.2. The van der Waals surface area contributed by atoms with Gasteiger partial charge in [-0.15, -0.1) is 0 Å². The van der Waals surface area contributed by atoms with Crippen molar-refractivity contribution in [2.45, 2.75) is 33.7 Å². The van der Waals surface area contributed by atoms with Crippen molar-refractivity contribution >= 4 is 34.9 Å². The number of benzene rings is 2. The van der Waals surface area contributed by atoms with Crippen LogP contribution in [0.3, 0.4) is 0 Å². The van der Waals surface area contributed by atoms with Crippen LogP contribution in [0.4, 0.5) is 4.39 Å². The van der Waals surface area contributed by atoms with Crippen LogP contribution < -0.4 is 4.74 Å². The Bertz CT molecular complexity index is 1650. The van der Waals surface area contributed by atoms with Gasteiger partial charge in [-0.2, -0.15) is 0 Å². The van der Waals surface area contributed by atoms with Crippen LogP contribution in [-0.2, 0) is 6.54 Å². The van der Waals surface area contributed by atoms with Crippen molar-refractivity contribution in [3.63, 3.8) is 0 Å². The molecular formula is C37H41Cl2FN4O. The smallest absolute Gasteiger partial charge is 0.144 e. The number of ether oxygens (including phenoxy) is 1. The molecule has 0 fully saturated rings. The molecule has 0 unspecified atom stereocenters. The fourth-order valence-electron chi connectivity index (χ4n) is 4.39. The van der Waals surface area contributed by atoms with E-state index in [2.05, 4.69) is 45.7 Å². The van der Waals surface area contributed by atoms with E-state index in [0.717, 1.165) is 53.5 Å². The van der Waals surface area contributed by atoms with E-state index in [1.54, 1.807) is 18.2 Å². The van der Waals surface area contributed by atoms with Crippen LogP contribution in [0.25, 0.3) is 11.6 Å². The number of nitrogens with zero attached hydrogens (tertiary/aromatic N) is 4. The van der Waals surface area contributed by atoms with Crippen molar-refractivity contribution in [2.24, 2.45) is 0 Å². The molecule has 0 aliphatic carbocycles. The Hall–Kier alpha value is -3.73. The SMILES string of the molecule is CC(=Cc1nc(C)ccc1OCCCN(C)C)c1cc(Cl)cc(Cl)c1.Cc1cc(CN(C)C)cc(C#Cc2cccc(F)c2)n1. The molecule has 45 heavy (non-hydrogen) atoms. The fraction of sp³-hybridized carbons (Fsp3) is 0.297. The van der Waals surface area contributed by atoms with E-state index in [9.17, 15) is 4.39 Å². The Labute approximate surface area is 277 Å². The third-order valence-electron chi connectivity index (χ3n) is 6.38. The standard InChI is InChI=1S/C20H24Cl2N2O.C17H17FN2/c1-14(16-11-17(21)13-18(22)12-16)10-19-20(7-6-15(2)23-19)25-9-5-8-24(3)4;1-13-9-15(12-20(2)3)11-17(19-13)8-7-14-5-4-6-16(18)10-14/h6-7,10-13H,5,8-9H2,1-4H3;4-6,9-11H,12H2,1-3H3. The molecule has 236 valence electrons. The summed E-state index contributed by atoms with van der Waals surface area (Å²) in [5, 5.41) is 1.24. The van der Waals surface area contributed by atoms with E-state index in [4.69, 9.17) is 27.9 Å². The molecule has 5 nitrogen and oxygen atoms in total. The minimum absolute atomic E-state index is 0.276. The first-order valence-electron chi connectivity index (χ1n) is 14.7. The highest BCUT2D eigenvalue weighted by atomic mass is 35.5. The quantitative estimate of drug-likeness (QED) is 0.135. The van der Waals surface area contributed by atoms with E-state index in [1.165, 1.54) is 17.7 Å². The molecule has 0 bridgehead atoms. The molecule has 0 spiro atoms. The van der Waals surface area contributed by atoms with Crippen LogP contribution in [0.2, 0.25) is 10.0 Å². The first kappa shape index (κ1) is 35.7. The summed E-state index contributed by atoms with van der Waals surface area (Å²) in [6.07, 6.45) is 2.98. The predicted molar refractivity (Wildman–Crippen MR) is 186 cm³/mol. The molecule has 0 atom stereocenters. The minimum atomic E-state index is -0.276. The molecule has 4 aromatic rings. The topological polar surface area (TPSA) is 41.5 Å². The van der Waals surface area contributed by atoms with Crippen LogP contribution in [-0.4, -0.2) is 61.1 Å². The number of halogens is 3. The van der Waals surface area contributed by atoms with Gasteiger partial charge in [0.25, 0.3) is 0 Å². The highest BCUT2D eigenvalue weighted by molar-refractivity contribution is 6.34. The number of hydrogen-bond donors (Lipinski definition) is 0. The Balaban J connectivity index is 0.000000251. The van der Waals surface area contributed by atoms with E-state index in [-0.39, 0.29) is 5.82 Å². The number of hydrogen-bond acceptors (Lipinski definition) is 5. The number of aromatic nitrogens is 2. The Morgan fingerprint density at radius 2 is 1.60 bits per heavy atom. The molecule has 0 aliphatic heterocycles. The zero-order chi connectivity index (χ0) is 32.9. The van der Waals surface area contributed by atoms with Gasteiger partial charge in [0, 0.05) is 40.1 Å². The fourth-order valence-corrected chi connectivity index (χ4v) is 4.91. The Kier molecular flexibility index (Phi) is 14.0. The molecule has 8 heteroatoms. The monoisotopic (exact) mass is 646 g/mol. The summed E-state index contributed by atoms with van der Waals surface area (Å²) in [6, 6.07) is 19.7. The summed E-state index contributed by atoms with van der Waals surface area (Å²) < 4.78 is 19.0. The molecule has 2 aromatic heterocycles. The van der Waals surface area contributed by atoms with Crippen LogP contribution in [0.1, 0.15) is 52.8 Å². The second kappa shape index (κ2) is 17.7. The van der Waals surface area contributed by atoms with E-state index < -0.39 is 0 Å². The lowest BCUT2D eigenvalue weighted by atomic mass is 10.1. The summed E-state index contributed by atoms with van der Waals surface area (Å²) in [5.41, 5.74) is 7.25. The lowest BCUT2D eigenvalue weighted by Crippen LogP contribution is -2.15. The molecule has 2 aromatic carbocycles. The lowest BCUT2D eigenvalue weighted by molar-refractivity contribution is 0.280. The van der Waals surface area contributed by atoms with E-state index >= 15 is 0 Å². The highest BCUT2D eigenvalue weighted by Crippen LogP contribution is 2.27. The van der Waals surface area contributed by atoms with Gasteiger partial charge in [0.05, 0.1) is 6.61 Å². The van der Waals surface area contributed by atoms with Crippen molar-refractivity contribution < 1.29 is 9.13 Å². The van der Waals surface area contributed by atoms with Crippen LogP contribution in [0.15, 0.2) is 66.7 Å². The zero-order valence-corrected chi connectivity index (χ0v) is 28.6. The van der Waals surface area contributed by atoms with Gasteiger partial charge in [-0.05, 0) is 145 Å². The summed E-state index contributed by atoms with van der Waals surface area (Å²) in [5.74, 6) is 6.45. The molecule has 0 saturated carbocycles. The number of pyridine rings is 2. The third-order valence-corrected chi connectivity index (χ3v) is 6.81.